The van der Waals surface area contributed by atoms with Gasteiger partial charge in [0.25, 0.3) is 0 Å². The first kappa shape index (κ1) is 22.8. The fourth-order valence-electron chi connectivity index (χ4n) is 6.45. The van der Waals surface area contributed by atoms with Gasteiger partial charge in [-0.15, -0.1) is 0 Å². The summed E-state index contributed by atoms with van der Waals surface area (Å²) in [5.74, 6) is 1.10. The van der Waals surface area contributed by atoms with Gasteiger partial charge >= 0.3 is 0 Å². The topological polar surface area (TPSA) is 53.5 Å². The van der Waals surface area contributed by atoms with Crippen LogP contribution < -0.4 is 10.1 Å². The Labute approximate surface area is 198 Å². The van der Waals surface area contributed by atoms with Gasteiger partial charge in [-0.05, 0) is 61.2 Å². The van der Waals surface area contributed by atoms with Crippen LogP contribution in [0.15, 0.2) is 36.7 Å². The lowest BCUT2D eigenvalue weighted by Gasteiger charge is -2.60. The number of hydrogen-bond acceptors (Lipinski definition) is 6. The van der Waals surface area contributed by atoms with Crippen LogP contribution in [0.1, 0.15) is 68.3 Å². The molecule has 2 aliphatic heterocycles. The van der Waals surface area contributed by atoms with Crippen LogP contribution in [-0.4, -0.2) is 65.6 Å². The number of hydrogen-bond donors (Lipinski definition) is 1. The molecule has 1 saturated carbocycles. The second kappa shape index (κ2) is 9.69. The summed E-state index contributed by atoms with van der Waals surface area (Å²) in [6, 6.07) is 10.3. The van der Waals surface area contributed by atoms with E-state index in [-0.39, 0.29) is 0 Å². The predicted molar refractivity (Wildman–Crippen MR) is 131 cm³/mol. The number of aromatic nitrogens is 2. The van der Waals surface area contributed by atoms with Gasteiger partial charge in [0.1, 0.15) is 0 Å². The Kier molecular flexibility index (Phi) is 6.68. The Morgan fingerprint density at radius 3 is 2.58 bits per heavy atom. The molecule has 2 unspecified atom stereocenters. The Hall–Kier alpha value is -2.02. The molecule has 3 heterocycles. The first-order valence-corrected chi connectivity index (χ1v) is 12.7. The Morgan fingerprint density at radius 2 is 1.91 bits per heavy atom. The van der Waals surface area contributed by atoms with Crippen LogP contribution >= 0.6 is 0 Å². The first-order valence-electron chi connectivity index (χ1n) is 12.7. The molecule has 2 aromatic rings. The molecule has 1 aliphatic carbocycles. The third kappa shape index (κ3) is 4.53. The Morgan fingerprint density at radius 1 is 1.09 bits per heavy atom. The average Bonchev–Trinajstić information content (AvgIpc) is 2.85. The smallest absolute Gasteiger partial charge is 0.231 e. The van der Waals surface area contributed by atoms with Gasteiger partial charge in [-0.1, -0.05) is 38.1 Å². The van der Waals surface area contributed by atoms with Gasteiger partial charge in [-0.3, -0.25) is 14.8 Å². The highest BCUT2D eigenvalue weighted by Crippen LogP contribution is 2.53. The summed E-state index contributed by atoms with van der Waals surface area (Å²) in [7, 11) is 1.63. The number of nitrogens with zero attached hydrogens (tertiary/aromatic N) is 4. The van der Waals surface area contributed by atoms with E-state index in [0.29, 0.717) is 29.3 Å². The number of nitrogens with one attached hydrogen (secondary N) is 1. The van der Waals surface area contributed by atoms with E-state index in [1.807, 2.05) is 6.20 Å². The molecule has 178 valence electrons. The lowest BCUT2D eigenvalue weighted by molar-refractivity contribution is -0.0906. The molecule has 1 aromatic heterocycles. The van der Waals surface area contributed by atoms with Crippen molar-refractivity contribution in [2.45, 2.75) is 64.1 Å². The third-order valence-electron chi connectivity index (χ3n) is 8.38. The van der Waals surface area contributed by atoms with Crippen LogP contribution in [0.3, 0.4) is 0 Å². The zero-order chi connectivity index (χ0) is 22.8. The summed E-state index contributed by atoms with van der Waals surface area (Å²) >= 11 is 0. The van der Waals surface area contributed by atoms with E-state index in [1.54, 1.807) is 13.3 Å². The van der Waals surface area contributed by atoms with Crippen molar-refractivity contribution in [1.29, 1.82) is 0 Å². The van der Waals surface area contributed by atoms with Crippen molar-refractivity contribution in [3.05, 3.63) is 53.5 Å². The van der Waals surface area contributed by atoms with Gasteiger partial charge in [0.05, 0.1) is 25.2 Å². The molecule has 1 spiro atoms. The van der Waals surface area contributed by atoms with E-state index in [4.69, 9.17) is 4.74 Å². The van der Waals surface area contributed by atoms with Crippen molar-refractivity contribution in [3.63, 3.8) is 0 Å². The number of piperazine rings is 1. The number of rotatable bonds is 6. The van der Waals surface area contributed by atoms with Crippen LogP contribution in [0.2, 0.25) is 0 Å². The number of benzene rings is 1. The third-order valence-corrected chi connectivity index (χ3v) is 8.38. The molecule has 2 atom stereocenters. The number of methoxy groups -OCH3 is 1. The maximum absolute atomic E-state index is 5.19. The first-order chi connectivity index (χ1) is 16.1. The van der Waals surface area contributed by atoms with Gasteiger partial charge in [0.15, 0.2) is 0 Å². The van der Waals surface area contributed by atoms with Crippen molar-refractivity contribution in [3.8, 4) is 5.88 Å². The van der Waals surface area contributed by atoms with Crippen molar-refractivity contribution in [1.82, 2.24) is 25.1 Å². The summed E-state index contributed by atoms with van der Waals surface area (Å²) in [5, 5.41) is 3.59. The van der Waals surface area contributed by atoms with Crippen LogP contribution in [-0.2, 0) is 6.54 Å². The molecule has 0 radical (unpaired) electrons. The van der Waals surface area contributed by atoms with E-state index in [0.717, 1.165) is 31.9 Å². The van der Waals surface area contributed by atoms with Crippen molar-refractivity contribution in [2.24, 2.45) is 5.41 Å². The molecule has 3 aliphatic rings. The number of ether oxygens (including phenoxy) is 1. The van der Waals surface area contributed by atoms with Crippen LogP contribution in [0, 0.1) is 5.41 Å². The van der Waals surface area contributed by atoms with Crippen molar-refractivity contribution < 1.29 is 4.74 Å². The Bertz CT molecular complexity index is 924. The molecule has 33 heavy (non-hydrogen) atoms. The fourth-order valence-corrected chi connectivity index (χ4v) is 6.45. The molecule has 1 N–H and O–H groups in total. The highest BCUT2D eigenvalue weighted by Gasteiger charge is 2.51. The highest BCUT2D eigenvalue weighted by atomic mass is 16.5. The van der Waals surface area contributed by atoms with E-state index in [1.165, 1.54) is 49.9 Å². The predicted octanol–water partition coefficient (Wildman–Crippen LogP) is 4.00. The van der Waals surface area contributed by atoms with Crippen LogP contribution in [0.5, 0.6) is 5.88 Å². The lowest BCUT2D eigenvalue weighted by Crippen LogP contribution is -2.63. The summed E-state index contributed by atoms with van der Waals surface area (Å²) < 4.78 is 5.19. The maximum Gasteiger partial charge on any atom is 0.231 e. The molecule has 6 nitrogen and oxygen atoms in total. The van der Waals surface area contributed by atoms with Crippen molar-refractivity contribution in [2.75, 3.05) is 39.8 Å². The zero-order valence-electron chi connectivity index (χ0n) is 20.5. The van der Waals surface area contributed by atoms with Gasteiger partial charge < -0.3 is 10.1 Å². The lowest BCUT2D eigenvalue weighted by atomic mass is 9.58. The zero-order valence-corrected chi connectivity index (χ0v) is 20.5. The maximum atomic E-state index is 5.19. The van der Waals surface area contributed by atoms with E-state index < -0.39 is 0 Å². The van der Waals surface area contributed by atoms with Crippen molar-refractivity contribution >= 4 is 0 Å². The Balaban J connectivity index is 1.41. The van der Waals surface area contributed by atoms with Crippen LogP contribution in [0.4, 0.5) is 0 Å². The monoisotopic (exact) mass is 449 g/mol. The van der Waals surface area contributed by atoms with Gasteiger partial charge in [0.2, 0.25) is 5.88 Å². The van der Waals surface area contributed by atoms with E-state index in [9.17, 15) is 0 Å². The quantitative estimate of drug-likeness (QED) is 0.719. The van der Waals surface area contributed by atoms with Crippen LogP contribution in [0.25, 0.3) is 0 Å². The second-order valence-corrected chi connectivity index (χ2v) is 10.5. The summed E-state index contributed by atoms with van der Waals surface area (Å²) in [4.78, 5) is 14.4. The van der Waals surface area contributed by atoms with Gasteiger partial charge in [0, 0.05) is 38.3 Å². The minimum Gasteiger partial charge on any atom is -0.480 e. The molecule has 5 rings (SSSR count). The summed E-state index contributed by atoms with van der Waals surface area (Å²) in [5.41, 5.74) is 4.56. The average molecular weight is 450 g/mol. The summed E-state index contributed by atoms with van der Waals surface area (Å²) in [6.07, 6.45) is 9.00. The molecule has 1 aromatic carbocycles. The molecule has 0 amide bonds. The minimum absolute atomic E-state index is 0.431. The molecular formula is C27H39N5O. The second-order valence-electron chi connectivity index (χ2n) is 10.5. The molecule has 6 heteroatoms. The SMILES string of the molecule is COc1cnc(CN2CCN(C3CCC34CCNCC4)C(c3ccccc3C(C)C)C2)cn1. The summed E-state index contributed by atoms with van der Waals surface area (Å²) in [6.45, 7) is 11.1. The largest absolute Gasteiger partial charge is 0.480 e. The minimum atomic E-state index is 0.431. The molecule has 2 saturated heterocycles. The van der Waals surface area contributed by atoms with E-state index >= 15 is 0 Å². The molecule has 3 fully saturated rings. The highest BCUT2D eigenvalue weighted by molar-refractivity contribution is 5.33. The molecular weight excluding hydrogens is 410 g/mol. The van der Waals surface area contributed by atoms with E-state index in [2.05, 4.69) is 63.2 Å². The molecule has 0 bridgehead atoms. The van der Waals surface area contributed by atoms with Gasteiger partial charge in [-0.2, -0.15) is 0 Å². The standard InChI is InChI=1S/C27H39N5O/c1-20(2)22-6-4-5-7-23(22)24-19-31(18-21-16-30-26(33-3)17-29-21)14-15-32(24)25-8-9-27(25)10-12-28-13-11-27/h4-7,16-17,20,24-25,28H,8-15,18-19H2,1-3H3. The van der Waals surface area contributed by atoms with Gasteiger partial charge in [-0.25, -0.2) is 4.98 Å². The number of piperidine rings is 1. The normalized spacial score (nSPS) is 25.8. The fraction of sp³-hybridized carbons (Fsp3) is 0.630.